The molecule has 0 fully saturated rings. The fraction of sp³-hybridized carbons (Fsp3) is 0.0909. The number of nitrogen functional groups attached to an aromatic ring is 1. The minimum Gasteiger partial charge on any atom is -0.398 e. The van der Waals surface area contributed by atoms with E-state index in [1.807, 2.05) is 47.8 Å². The van der Waals surface area contributed by atoms with Crippen molar-refractivity contribution in [1.29, 1.82) is 0 Å². The van der Waals surface area contributed by atoms with Crippen LogP contribution in [0.15, 0.2) is 65.0 Å². The Balaban J connectivity index is 1.67. The minimum absolute atomic E-state index is 0.0954. The number of nitrogens with two attached hydrogens (primary N) is 1. The van der Waals surface area contributed by atoms with Gasteiger partial charge in [0.05, 0.1) is 22.7 Å². The Morgan fingerprint density at radius 2 is 2.00 bits per heavy atom. The summed E-state index contributed by atoms with van der Waals surface area (Å²) in [5.41, 5.74) is 7.74. The molecule has 0 aliphatic carbocycles. The van der Waals surface area contributed by atoms with Crippen molar-refractivity contribution >= 4 is 55.8 Å². The first-order chi connectivity index (χ1) is 14.0. The van der Waals surface area contributed by atoms with Gasteiger partial charge in [0.15, 0.2) is 0 Å². The number of aliphatic imine (C=N–C) groups is 1. The predicted molar refractivity (Wildman–Crippen MR) is 121 cm³/mol. The molecule has 0 aliphatic rings. The summed E-state index contributed by atoms with van der Waals surface area (Å²) in [7, 11) is 1.68. The van der Waals surface area contributed by atoms with Crippen molar-refractivity contribution < 1.29 is 9.18 Å². The maximum Gasteiger partial charge on any atom is 0.229 e. The number of carbonyl (C=O) groups is 1. The number of rotatable bonds is 5. The number of thiophene rings is 2. The molecular formula is C22H18FN3OS2. The summed E-state index contributed by atoms with van der Waals surface area (Å²) in [5.74, 6) is -0.850. The summed E-state index contributed by atoms with van der Waals surface area (Å²) >= 11 is 3.08. The Bertz CT molecular complexity index is 1180. The lowest BCUT2D eigenvalue weighted by atomic mass is 10.0. The van der Waals surface area contributed by atoms with Crippen molar-refractivity contribution in [2.45, 2.75) is 6.42 Å². The van der Waals surface area contributed by atoms with Gasteiger partial charge in [0, 0.05) is 27.9 Å². The first kappa shape index (κ1) is 19.3. The van der Waals surface area contributed by atoms with Crippen LogP contribution in [0.25, 0.3) is 10.1 Å². The summed E-state index contributed by atoms with van der Waals surface area (Å²) in [6, 6.07) is 16.6. The first-order valence-electron chi connectivity index (χ1n) is 8.92. The van der Waals surface area contributed by atoms with Crippen LogP contribution in [0.2, 0.25) is 0 Å². The fourth-order valence-electron chi connectivity index (χ4n) is 3.12. The van der Waals surface area contributed by atoms with Crippen molar-refractivity contribution in [1.82, 2.24) is 0 Å². The number of fused-ring (bicyclic) bond motifs is 1. The molecule has 0 spiro atoms. The SMILES string of the molecule is CN=C(c1cc2ccccc2s1)c1cc(NC(=O)Cc2cccs2)c(F)cc1N. The Hall–Kier alpha value is -3.03. The lowest BCUT2D eigenvalue weighted by Crippen LogP contribution is -2.16. The molecule has 29 heavy (non-hydrogen) atoms. The number of hydrogen-bond acceptors (Lipinski definition) is 5. The number of anilines is 2. The van der Waals surface area contributed by atoms with Crippen LogP contribution in [-0.2, 0) is 11.2 Å². The van der Waals surface area contributed by atoms with E-state index in [-0.39, 0.29) is 23.7 Å². The highest BCUT2D eigenvalue weighted by atomic mass is 32.1. The second kappa shape index (κ2) is 8.14. The number of carbonyl (C=O) groups excluding carboxylic acids is 1. The number of benzene rings is 2. The largest absolute Gasteiger partial charge is 0.398 e. The highest BCUT2D eigenvalue weighted by Gasteiger charge is 2.17. The zero-order chi connectivity index (χ0) is 20.4. The van der Waals surface area contributed by atoms with Gasteiger partial charge in [-0.05, 0) is 41.1 Å². The molecule has 0 atom stereocenters. The molecular weight excluding hydrogens is 405 g/mol. The van der Waals surface area contributed by atoms with Gasteiger partial charge in [0.25, 0.3) is 0 Å². The Morgan fingerprint density at radius 1 is 1.17 bits per heavy atom. The van der Waals surface area contributed by atoms with Crippen LogP contribution >= 0.6 is 22.7 Å². The van der Waals surface area contributed by atoms with Gasteiger partial charge in [-0.25, -0.2) is 4.39 Å². The summed E-state index contributed by atoms with van der Waals surface area (Å²) < 4.78 is 15.6. The second-order valence-electron chi connectivity index (χ2n) is 6.44. The van der Waals surface area contributed by atoms with Gasteiger partial charge in [0.2, 0.25) is 5.91 Å². The van der Waals surface area contributed by atoms with E-state index < -0.39 is 5.82 Å². The molecule has 0 bridgehead atoms. The maximum atomic E-state index is 14.5. The van der Waals surface area contributed by atoms with E-state index in [9.17, 15) is 9.18 Å². The highest BCUT2D eigenvalue weighted by molar-refractivity contribution is 7.21. The van der Waals surface area contributed by atoms with Gasteiger partial charge in [-0.15, -0.1) is 22.7 Å². The molecule has 4 rings (SSSR count). The molecule has 3 N–H and O–H groups in total. The number of halogens is 1. The normalized spacial score (nSPS) is 11.7. The third-order valence-corrected chi connectivity index (χ3v) is 6.47. The summed E-state index contributed by atoms with van der Waals surface area (Å²) in [5, 5.41) is 5.67. The molecule has 0 saturated carbocycles. The molecule has 4 aromatic rings. The first-order valence-corrected chi connectivity index (χ1v) is 10.6. The summed E-state index contributed by atoms with van der Waals surface area (Å²) in [6.07, 6.45) is 0.196. The Morgan fingerprint density at radius 3 is 2.72 bits per heavy atom. The molecule has 4 nitrogen and oxygen atoms in total. The average molecular weight is 424 g/mol. The van der Waals surface area contributed by atoms with E-state index in [2.05, 4.69) is 10.3 Å². The van der Waals surface area contributed by atoms with Crippen LogP contribution < -0.4 is 11.1 Å². The van der Waals surface area contributed by atoms with Crippen molar-refractivity contribution in [2.24, 2.45) is 4.99 Å². The summed E-state index contributed by atoms with van der Waals surface area (Å²) in [4.78, 5) is 18.6. The van der Waals surface area contributed by atoms with Gasteiger partial charge < -0.3 is 11.1 Å². The maximum absolute atomic E-state index is 14.5. The van der Waals surface area contributed by atoms with Gasteiger partial charge in [-0.1, -0.05) is 24.3 Å². The Labute approximate surface area is 175 Å². The topological polar surface area (TPSA) is 67.5 Å². The quantitative estimate of drug-likeness (QED) is 0.336. The summed E-state index contributed by atoms with van der Waals surface area (Å²) in [6.45, 7) is 0. The van der Waals surface area contributed by atoms with Crippen molar-refractivity contribution in [3.05, 3.63) is 81.1 Å². The van der Waals surface area contributed by atoms with Crippen LogP contribution in [-0.4, -0.2) is 18.7 Å². The van der Waals surface area contributed by atoms with Crippen LogP contribution in [0, 0.1) is 5.82 Å². The lowest BCUT2D eigenvalue weighted by Gasteiger charge is -2.12. The van der Waals surface area contributed by atoms with Crippen molar-refractivity contribution in [2.75, 3.05) is 18.1 Å². The molecule has 1 amide bonds. The number of hydrogen-bond donors (Lipinski definition) is 2. The van der Waals surface area contributed by atoms with Gasteiger partial charge in [-0.3, -0.25) is 9.79 Å². The van der Waals surface area contributed by atoms with Crippen LogP contribution in [0.1, 0.15) is 15.3 Å². The third kappa shape index (κ3) is 4.06. The van der Waals surface area contributed by atoms with E-state index in [4.69, 9.17) is 5.73 Å². The van der Waals surface area contributed by atoms with Crippen molar-refractivity contribution in [3.63, 3.8) is 0 Å². The smallest absolute Gasteiger partial charge is 0.229 e. The number of amides is 1. The molecule has 2 heterocycles. The molecule has 0 aliphatic heterocycles. The van der Waals surface area contributed by atoms with Crippen molar-refractivity contribution in [3.8, 4) is 0 Å². The van der Waals surface area contributed by atoms with Crippen LogP contribution in [0.3, 0.4) is 0 Å². The molecule has 0 unspecified atom stereocenters. The predicted octanol–water partition coefficient (Wildman–Crippen LogP) is 5.33. The molecule has 0 radical (unpaired) electrons. The minimum atomic E-state index is -0.572. The Kier molecular flexibility index (Phi) is 5.42. The number of nitrogens with zero attached hydrogens (tertiary/aromatic N) is 1. The highest BCUT2D eigenvalue weighted by Crippen LogP contribution is 2.31. The third-order valence-electron chi connectivity index (χ3n) is 4.47. The van der Waals surface area contributed by atoms with Gasteiger partial charge in [-0.2, -0.15) is 0 Å². The lowest BCUT2D eigenvalue weighted by molar-refractivity contribution is -0.115. The molecule has 0 saturated heterocycles. The van der Waals surface area contributed by atoms with Gasteiger partial charge >= 0.3 is 0 Å². The van der Waals surface area contributed by atoms with Crippen LogP contribution in [0.5, 0.6) is 0 Å². The second-order valence-corrected chi connectivity index (χ2v) is 8.56. The van der Waals surface area contributed by atoms with E-state index >= 15 is 0 Å². The van der Waals surface area contributed by atoms with E-state index in [0.29, 0.717) is 11.3 Å². The molecule has 146 valence electrons. The number of nitrogens with one attached hydrogen (secondary N) is 1. The zero-order valence-electron chi connectivity index (χ0n) is 15.6. The average Bonchev–Trinajstić information content (AvgIpc) is 3.35. The van der Waals surface area contributed by atoms with E-state index in [1.54, 1.807) is 24.5 Å². The fourth-order valence-corrected chi connectivity index (χ4v) is 4.93. The zero-order valence-corrected chi connectivity index (χ0v) is 17.2. The molecule has 7 heteroatoms. The van der Waals surface area contributed by atoms with Gasteiger partial charge in [0.1, 0.15) is 5.82 Å². The molecule has 2 aromatic carbocycles. The van der Waals surface area contributed by atoms with Crippen LogP contribution in [0.4, 0.5) is 15.8 Å². The van der Waals surface area contributed by atoms with E-state index in [0.717, 1.165) is 19.8 Å². The van der Waals surface area contributed by atoms with E-state index in [1.165, 1.54) is 17.4 Å². The standard InChI is InChI=1S/C22H18FN3OS2/c1-25-22(20-9-13-5-2-3-7-19(13)29-20)15-11-18(16(23)12-17(15)24)26-21(27)10-14-6-4-8-28-14/h2-9,11-12H,10,24H2,1H3,(H,26,27). The molecule has 2 aromatic heterocycles. The monoisotopic (exact) mass is 423 g/mol.